The van der Waals surface area contributed by atoms with Crippen molar-refractivity contribution in [3.63, 3.8) is 0 Å². The van der Waals surface area contributed by atoms with Crippen LogP contribution in [0.1, 0.15) is 17.7 Å². The second-order valence-corrected chi connectivity index (χ2v) is 3.74. The van der Waals surface area contributed by atoms with E-state index >= 15 is 0 Å². The monoisotopic (exact) mass is 210 g/mol. The first-order valence-corrected chi connectivity index (χ1v) is 5.13. The number of rotatable bonds is 4. The molecule has 2 heterocycles. The fourth-order valence-corrected chi connectivity index (χ4v) is 1.64. The van der Waals surface area contributed by atoms with Crippen molar-refractivity contribution in [2.45, 2.75) is 19.9 Å². The predicted octanol–water partition coefficient (Wildman–Crippen LogP) is 1.70. The van der Waals surface area contributed by atoms with Gasteiger partial charge >= 0.3 is 0 Å². The minimum atomic E-state index is 0.596. The van der Waals surface area contributed by atoms with Gasteiger partial charge in [0.25, 0.3) is 0 Å². The summed E-state index contributed by atoms with van der Waals surface area (Å²) in [5.41, 5.74) is 0. The van der Waals surface area contributed by atoms with E-state index in [9.17, 15) is 0 Å². The van der Waals surface area contributed by atoms with E-state index in [1.807, 2.05) is 0 Å². The van der Waals surface area contributed by atoms with Crippen LogP contribution in [-0.4, -0.2) is 15.2 Å². The molecule has 5 nitrogen and oxygen atoms in total. The van der Waals surface area contributed by atoms with Crippen LogP contribution in [0.4, 0.5) is 5.13 Å². The molecule has 0 spiro atoms. The summed E-state index contributed by atoms with van der Waals surface area (Å²) in [5.74, 6) is 0.790. The minimum absolute atomic E-state index is 0.596. The minimum Gasteiger partial charge on any atom is -0.447 e. The maximum Gasteiger partial charge on any atom is 0.206 e. The van der Waals surface area contributed by atoms with Gasteiger partial charge < -0.3 is 9.73 Å². The van der Waals surface area contributed by atoms with E-state index in [0.29, 0.717) is 6.54 Å². The third-order valence-corrected chi connectivity index (χ3v) is 2.69. The summed E-state index contributed by atoms with van der Waals surface area (Å²) in [6.45, 7) is 2.65. The normalized spacial score (nSPS) is 10.4. The Morgan fingerprint density at radius 3 is 3.07 bits per heavy atom. The standard InChI is InChI=1S/C8H10N4OS/c1-2-7-11-12-8(14-7)10-4-6-3-9-5-13-6/h3,5H,2,4H2,1H3,(H,10,12). The fourth-order valence-electron chi connectivity index (χ4n) is 0.960. The number of nitrogens with zero attached hydrogens (tertiary/aromatic N) is 3. The average Bonchev–Trinajstić information content (AvgIpc) is 2.86. The lowest BCUT2D eigenvalue weighted by Gasteiger charge is -1.95. The largest absolute Gasteiger partial charge is 0.447 e. The van der Waals surface area contributed by atoms with Gasteiger partial charge in [0.15, 0.2) is 6.39 Å². The molecule has 2 aromatic rings. The molecule has 0 atom stereocenters. The molecular weight excluding hydrogens is 200 g/mol. The molecule has 0 radical (unpaired) electrons. The number of hydrogen-bond acceptors (Lipinski definition) is 6. The summed E-state index contributed by atoms with van der Waals surface area (Å²) in [6.07, 6.45) is 4.00. The van der Waals surface area contributed by atoms with Crippen molar-refractivity contribution in [3.05, 3.63) is 23.4 Å². The van der Waals surface area contributed by atoms with Crippen LogP contribution in [0.25, 0.3) is 0 Å². The Morgan fingerprint density at radius 1 is 1.50 bits per heavy atom. The zero-order valence-electron chi connectivity index (χ0n) is 7.73. The van der Waals surface area contributed by atoms with Crippen LogP contribution >= 0.6 is 11.3 Å². The van der Waals surface area contributed by atoms with E-state index in [1.165, 1.54) is 6.39 Å². The zero-order chi connectivity index (χ0) is 9.80. The van der Waals surface area contributed by atoms with Crippen molar-refractivity contribution >= 4 is 16.5 Å². The predicted molar refractivity (Wildman–Crippen MR) is 53.1 cm³/mol. The molecule has 0 saturated heterocycles. The summed E-state index contributed by atoms with van der Waals surface area (Å²) in [6, 6.07) is 0. The number of hydrogen-bond donors (Lipinski definition) is 1. The second-order valence-electron chi connectivity index (χ2n) is 2.68. The lowest BCUT2D eigenvalue weighted by molar-refractivity contribution is 0.511. The first-order chi connectivity index (χ1) is 6.88. The fraction of sp³-hybridized carbons (Fsp3) is 0.375. The van der Waals surface area contributed by atoms with E-state index in [0.717, 1.165) is 22.3 Å². The zero-order valence-corrected chi connectivity index (χ0v) is 8.54. The van der Waals surface area contributed by atoms with Crippen molar-refractivity contribution in [2.75, 3.05) is 5.32 Å². The Labute approximate surface area is 85.2 Å². The van der Waals surface area contributed by atoms with E-state index in [1.54, 1.807) is 17.5 Å². The highest BCUT2D eigenvalue weighted by molar-refractivity contribution is 7.15. The first kappa shape index (κ1) is 9.14. The summed E-state index contributed by atoms with van der Waals surface area (Å²) in [4.78, 5) is 3.82. The molecule has 0 aliphatic rings. The number of nitrogens with one attached hydrogen (secondary N) is 1. The van der Waals surface area contributed by atoms with E-state index in [4.69, 9.17) is 4.42 Å². The highest BCUT2D eigenvalue weighted by Gasteiger charge is 2.02. The van der Waals surface area contributed by atoms with Gasteiger partial charge in [0.2, 0.25) is 5.13 Å². The molecule has 0 amide bonds. The van der Waals surface area contributed by atoms with Crippen molar-refractivity contribution < 1.29 is 4.42 Å². The molecule has 74 valence electrons. The summed E-state index contributed by atoms with van der Waals surface area (Å²) in [7, 11) is 0. The molecule has 2 aromatic heterocycles. The lowest BCUT2D eigenvalue weighted by Crippen LogP contribution is -1.97. The van der Waals surface area contributed by atoms with E-state index in [-0.39, 0.29) is 0 Å². The molecule has 0 aliphatic carbocycles. The Morgan fingerprint density at radius 2 is 2.43 bits per heavy atom. The van der Waals surface area contributed by atoms with Gasteiger partial charge in [0, 0.05) is 0 Å². The highest BCUT2D eigenvalue weighted by Crippen LogP contribution is 2.16. The van der Waals surface area contributed by atoms with Crippen molar-refractivity contribution in [1.82, 2.24) is 15.2 Å². The van der Waals surface area contributed by atoms with Gasteiger partial charge in [-0.2, -0.15) is 0 Å². The molecular formula is C8H10N4OS. The van der Waals surface area contributed by atoms with Crippen LogP contribution in [0.3, 0.4) is 0 Å². The molecule has 0 fully saturated rings. The van der Waals surface area contributed by atoms with Crippen LogP contribution in [0.15, 0.2) is 17.0 Å². The second kappa shape index (κ2) is 4.19. The Bertz CT molecular complexity index is 384. The Hall–Kier alpha value is -1.43. The van der Waals surface area contributed by atoms with Crippen molar-refractivity contribution in [2.24, 2.45) is 0 Å². The molecule has 14 heavy (non-hydrogen) atoms. The van der Waals surface area contributed by atoms with Gasteiger partial charge in [-0.25, -0.2) is 4.98 Å². The van der Waals surface area contributed by atoms with Gasteiger partial charge in [0.05, 0.1) is 12.7 Å². The molecule has 0 saturated carbocycles. The topological polar surface area (TPSA) is 63.8 Å². The number of anilines is 1. The molecule has 6 heteroatoms. The Balaban J connectivity index is 1.92. The quantitative estimate of drug-likeness (QED) is 0.832. The third kappa shape index (κ3) is 2.08. The molecule has 0 aliphatic heterocycles. The maximum absolute atomic E-state index is 5.07. The van der Waals surface area contributed by atoms with Crippen molar-refractivity contribution in [3.8, 4) is 0 Å². The smallest absolute Gasteiger partial charge is 0.206 e. The van der Waals surface area contributed by atoms with Gasteiger partial charge in [-0.1, -0.05) is 18.3 Å². The summed E-state index contributed by atoms with van der Waals surface area (Å²) < 4.78 is 5.07. The molecule has 0 bridgehead atoms. The van der Waals surface area contributed by atoms with E-state index in [2.05, 4.69) is 27.4 Å². The van der Waals surface area contributed by atoms with Gasteiger partial charge in [-0.15, -0.1) is 10.2 Å². The molecule has 2 rings (SSSR count). The van der Waals surface area contributed by atoms with Crippen LogP contribution in [0.2, 0.25) is 0 Å². The maximum atomic E-state index is 5.07. The summed E-state index contributed by atoms with van der Waals surface area (Å²) >= 11 is 1.56. The average molecular weight is 210 g/mol. The van der Waals surface area contributed by atoms with Crippen LogP contribution in [-0.2, 0) is 13.0 Å². The number of oxazole rings is 1. The summed E-state index contributed by atoms with van der Waals surface area (Å²) in [5, 5.41) is 12.9. The van der Waals surface area contributed by atoms with E-state index < -0.39 is 0 Å². The molecule has 1 N–H and O–H groups in total. The Kier molecular flexibility index (Phi) is 2.73. The van der Waals surface area contributed by atoms with Gasteiger partial charge in [0.1, 0.15) is 10.8 Å². The molecule has 0 unspecified atom stereocenters. The van der Waals surface area contributed by atoms with Gasteiger partial charge in [-0.3, -0.25) is 0 Å². The highest BCUT2D eigenvalue weighted by atomic mass is 32.1. The van der Waals surface area contributed by atoms with Crippen LogP contribution in [0, 0.1) is 0 Å². The van der Waals surface area contributed by atoms with Crippen molar-refractivity contribution in [1.29, 1.82) is 0 Å². The van der Waals surface area contributed by atoms with Crippen LogP contribution in [0.5, 0.6) is 0 Å². The molecule has 0 aromatic carbocycles. The first-order valence-electron chi connectivity index (χ1n) is 4.32. The van der Waals surface area contributed by atoms with Crippen LogP contribution < -0.4 is 5.32 Å². The van der Waals surface area contributed by atoms with Gasteiger partial charge in [-0.05, 0) is 6.42 Å². The third-order valence-electron chi connectivity index (χ3n) is 1.67. The SMILES string of the molecule is CCc1nnc(NCc2cnco2)s1. The number of aromatic nitrogens is 3. The lowest BCUT2D eigenvalue weighted by atomic mass is 10.5. The number of aryl methyl sites for hydroxylation is 1.